The number of hydrogen-bond donors (Lipinski definition) is 0. The molecule has 0 amide bonds. The summed E-state index contributed by atoms with van der Waals surface area (Å²) < 4.78 is 0. The third-order valence-electron chi connectivity index (χ3n) is 5.08. The van der Waals surface area contributed by atoms with Crippen molar-refractivity contribution < 1.29 is 0 Å². The molecule has 0 radical (unpaired) electrons. The molecule has 4 aromatic rings. The minimum Gasteiger partial charge on any atom is -0.296 e. The van der Waals surface area contributed by atoms with Crippen LogP contribution >= 0.6 is 46.4 Å². The van der Waals surface area contributed by atoms with Crippen molar-refractivity contribution in [3.05, 3.63) is 128 Å². The van der Waals surface area contributed by atoms with Gasteiger partial charge in [0.1, 0.15) is 10.3 Å². The number of aromatic nitrogens is 2. The maximum Gasteiger partial charge on any atom is 0.130 e. The molecule has 0 saturated carbocycles. The number of halogens is 4. The molecule has 2 aromatic heterocycles. The highest BCUT2D eigenvalue weighted by atomic mass is 35.5. The van der Waals surface area contributed by atoms with Crippen molar-refractivity contribution in [1.82, 2.24) is 19.8 Å². The lowest BCUT2D eigenvalue weighted by molar-refractivity contribution is 0.315. The average molecular weight is 562 g/mol. The van der Waals surface area contributed by atoms with E-state index < -0.39 is 0 Å². The number of hydrogen-bond acceptors (Lipinski definition) is 4. The quantitative estimate of drug-likeness (QED) is 0.204. The van der Waals surface area contributed by atoms with Crippen molar-refractivity contribution in [2.75, 3.05) is 14.1 Å². The van der Waals surface area contributed by atoms with Gasteiger partial charge < -0.3 is 0 Å². The lowest BCUT2D eigenvalue weighted by Crippen LogP contribution is -2.17. The SMILES string of the molecule is CN(Cc1ccccc1)Cc1cc(Cl)cc(Cl)n1.CN(Cc1ccccc1)Cc1cc(Cl)cc(Cl)n1. The van der Waals surface area contributed by atoms with E-state index in [0.29, 0.717) is 20.4 Å². The second-order valence-corrected chi connectivity index (χ2v) is 10.2. The first-order chi connectivity index (χ1) is 17.3. The van der Waals surface area contributed by atoms with Gasteiger partial charge in [-0.15, -0.1) is 0 Å². The van der Waals surface area contributed by atoms with Crippen molar-refractivity contribution in [2.45, 2.75) is 26.2 Å². The van der Waals surface area contributed by atoms with Crippen molar-refractivity contribution >= 4 is 46.4 Å². The van der Waals surface area contributed by atoms with E-state index in [1.807, 2.05) is 62.6 Å². The Labute approximate surface area is 233 Å². The van der Waals surface area contributed by atoms with Gasteiger partial charge in [0.05, 0.1) is 11.4 Å². The third kappa shape index (κ3) is 10.4. The molecule has 4 nitrogen and oxygen atoms in total. The van der Waals surface area contributed by atoms with Gasteiger partial charge >= 0.3 is 0 Å². The van der Waals surface area contributed by atoms with Crippen LogP contribution < -0.4 is 0 Å². The van der Waals surface area contributed by atoms with E-state index in [4.69, 9.17) is 46.4 Å². The molecule has 0 N–H and O–H groups in total. The fraction of sp³-hybridized carbons (Fsp3) is 0.214. The Balaban J connectivity index is 0.000000201. The number of nitrogens with zero attached hydrogens (tertiary/aromatic N) is 4. The summed E-state index contributed by atoms with van der Waals surface area (Å²) in [6, 6.07) is 27.6. The fourth-order valence-electron chi connectivity index (χ4n) is 3.65. The Morgan fingerprint density at radius 2 is 0.889 bits per heavy atom. The monoisotopic (exact) mass is 560 g/mol. The predicted molar refractivity (Wildman–Crippen MR) is 152 cm³/mol. The molecule has 0 aliphatic heterocycles. The predicted octanol–water partition coefficient (Wildman–Crippen LogP) is 8.04. The van der Waals surface area contributed by atoms with Crippen LogP contribution in [0.2, 0.25) is 20.4 Å². The molecule has 2 aromatic carbocycles. The van der Waals surface area contributed by atoms with Crippen molar-refractivity contribution in [3.8, 4) is 0 Å². The van der Waals surface area contributed by atoms with E-state index >= 15 is 0 Å². The maximum absolute atomic E-state index is 5.95. The van der Waals surface area contributed by atoms with Gasteiger partial charge in [-0.3, -0.25) is 9.80 Å². The molecule has 2 heterocycles. The van der Waals surface area contributed by atoms with Crippen LogP contribution in [0.3, 0.4) is 0 Å². The van der Waals surface area contributed by atoms with Gasteiger partial charge in [-0.1, -0.05) is 107 Å². The molecule has 4 rings (SSSR count). The highest BCUT2D eigenvalue weighted by Crippen LogP contribution is 2.18. The summed E-state index contributed by atoms with van der Waals surface area (Å²) in [6.45, 7) is 3.17. The van der Waals surface area contributed by atoms with Gasteiger partial charge in [-0.05, 0) is 49.5 Å². The lowest BCUT2D eigenvalue weighted by Gasteiger charge is -2.16. The van der Waals surface area contributed by atoms with Crippen LogP contribution in [0.25, 0.3) is 0 Å². The zero-order chi connectivity index (χ0) is 25.9. The molecule has 0 spiro atoms. The normalized spacial score (nSPS) is 10.9. The number of pyridine rings is 2. The molecule has 0 bridgehead atoms. The highest BCUT2D eigenvalue weighted by molar-refractivity contribution is 6.34. The Bertz CT molecular complexity index is 1090. The summed E-state index contributed by atoms with van der Waals surface area (Å²) >= 11 is 23.7. The first kappa shape index (κ1) is 28.4. The Hall–Kier alpha value is -2.18. The largest absolute Gasteiger partial charge is 0.296 e. The maximum atomic E-state index is 5.95. The lowest BCUT2D eigenvalue weighted by atomic mass is 10.2. The topological polar surface area (TPSA) is 32.3 Å². The molecule has 0 unspecified atom stereocenters. The van der Waals surface area contributed by atoms with E-state index in [9.17, 15) is 0 Å². The minimum absolute atomic E-state index is 0.436. The number of rotatable bonds is 8. The zero-order valence-corrected chi connectivity index (χ0v) is 23.2. The van der Waals surface area contributed by atoms with Crippen LogP contribution in [0.4, 0.5) is 0 Å². The summed E-state index contributed by atoms with van der Waals surface area (Å²) in [5.74, 6) is 0. The van der Waals surface area contributed by atoms with Crippen LogP contribution in [-0.4, -0.2) is 33.9 Å². The molecule has 8 heteroatoms. The smallest absolute Gasteiger partial charge is 0.130 e. The second-order valence-electron chi connectivity index (χ2n) is 8.51. The van der Waals surface area contributed by atoms with E-state index in [-0.39, 0.29) is 0 Å². The summed E-state index contributed by atoms with van der Waals surface area (Å²) in [6.07, 6.45) is 0. The Morgan fingerprint density at radius 1 is 0.528 bits per heavy atom. The van der Waals surface area contributed by atoms with Gasteiger partial charge in [-0.25, -0.2) is 9.97 Å². The molecule has 0 saturated heterocycles. The standard InChI is InChI=1S/2C14H14Cl2N2/c2*1-18(9-11-5-3-2-4-6-11)10-13-7-12(15)8-14(16)17-13/h2*2-8H,9-10H2,1H3. The van der Waals surface area contributed by atoms with Crippen molar-refractivity contribution in [1.29, 1.82) is 0 Å². The minimum atomic E-state index is 0.436. The van der Waals surface area contributed by atoms with Crippen LogP contribution in [0.15, 0.2) is 84.9 Å². The van der Waals surface area contributed by atoms with Gasteiger partial charge in [-0.2, -0.15) is 0 Å². The van der Waals surface area contributed by atoms with Crippen LogP contribution in [-0.2, 0) is 26.2 Å². The van der Waals surface area contributed by atoms with Crippen LogP contribution in [0.5, 0.6) is 0 Å². The molecule has 36 heavy (non-hydrogen) atoms. The summed E-state index contributed by atoms with van der Waals surface area (Å²) in [7, 11) is 4.09. The summed E-state index contributed by atoms with van der Waals surface area (Å²) in [5.41, 5.74) is 4.30. The van der Waals surface area contributed by atoms with Crippen molar-refractivity contribution in [3.63, 3.8) is 0 Å². The fourth-order valence-corrected chi connectivity index (χ4v) is 4.67. The molecule has 0 aliphatic rings. The first-order valence-electron chi connectivity index (χ1n) is 11.4. The third-order valence-corrected chi connectivity index (χ3v) is 5.90. The van der Waals surface area contributed by atoms with Gasteiger partial charge in [0.15, 0.2) is 0 Å². The molecule has 188 valence electrons. The molecule has 0 aliphatic carbocycles. The van der Waals surface area contributed by atoms with E-state index in [2.05, 4.69) is 44.0 Å². The van der Waals surface area contributed by atoms with Gasteiger partial charge in [0.25, 0.3) is 0 Å². The molecular weight excluding hydrogens is 534 g/mol. The van der Waals surface area contributed by atoms with E-state index in [0.717, 1.165) is 37.6 Å². The first-order valence-corrected chi connectivity index (χ1v) is 12.9. The van der Waals surface area contributed by atoms with Crippen LogP contribution in [0.1, 0.15) is 22.5 Å². The average Bonchev–Trinajstić information content (AvgIpc) is 2.79. The Kier molecular flexibility index (Phi) is 11.5. The molecular formula is C28H28Cl4N4. The van der Waals surface area contributed by atoms with Gasteiger partial charge in [0, 0.05) is 36.2 Å². The molecule has 0 atom stereocenters. The Morgan fingerprint density at radius 3 is 1.22 bits per heavy atom. The number of benzene rings is 2. The zero-order valence-electron chi connectivity index (χ0n) is 20.2. The second kappa shape index (κ2) is 14.5. The van der Waals surface area contributed by atoms with Crippen molar-refractivity contribution in [2.24, 2.45) is 0 Å². The van der Waals surface area contributed by atoms with Gasteiger partial charge in [0.2, 0.25) is 0 Å². The molecule has 0 fully saturated rings. The van der Waals surface area contributed by atoms with Crippen LogP contribution in [0, 0.1) is 0 Å². The highest BCUT2D eigenvalue weighted by Gasteiger charge is 2.06. The summed E-state index contributed by atoms with van der Waals surface area (Å²) in [4.78, 5) is 12.9. The van der Waals surface area contributed by atoms with E-state index in [1.165, 1.54) is 11.1 Å². The summed E-state index contributed by atoms with van der Waals surface area (Å²) in [5, 5.41) is 2.12. The van der Waals surface area contributed by atoms with E-state index in [1.54, 1.807) is 12.1 Å².